The first kappa shape index (κ1) is 27.4. The Morgan fingerprint density at radius 1 is 1.08 bits per heavy atom. The molecule has 1 amide bonds. The summed E-state index contributed by atoms with van der Waals surface area (Å²) in [5.74, 6) is -0.0349. The Morgan fingerprint density at radius 2 is 1.92 bits per heavy atom. The van der Waals surface area contributed by atoms with Crippen molar-refractivity contribution in [3.63, 3.8) is 0 Å². The number of amides is 1. The number of thiophene rings is 1. The minimum atomic E-state index is -0.0900. The molecule has 1 aliphatic heterocycles. The van der Waals surface area contributed by atoms with Crippen LogP contribution < -0.4 is 16.0 Å². The van der Waals surface area contributed by atoms with Gasteiger partial charge in [0.25, 0.3) is 5.91 Å². The lowest BCUT2D eigenvalue weighted by Gasteiger charge is -2.29. The van der Waals surface area contributed by atoms with Crippen LogP contribution in [-0.2, 0) is 6.54 Å². The van der Waals surface area contributed by atoms with Gasteiger partial charge in [-0.25, -0.2) is 0 Å². The van der Waals surface area contributed by atoms with Crippen LogP contribution in [0.5, 0.6) is 0 Å². The summed E-state index contributed by atoms with van der Waals surface area (Å²) in [4.78, 5) is 18.5. The van der Waals surface area contributed by atoms with E-state index < -0.39 is 0 Å². The van der Waals surface area contributed by atoms with E-state index in [0.717, 1.165) is 48.6 Å². The second-order valence-corrected chi connectivity index (χ2v) is 11.4. The lowest BCUT2D eigenvalue weighted by molar-refractivity contribution is 0.0939. The Labute approximate surface area is 226 Å². The topological polar surface area (TPSA) is 56.4 Å². The lowest BCUT2D eigenvalue weighted by Crippen LogP contribution is -2.51. The van der Waals surface area contributed by atoms with Gasteiger partial charge in [-0.1, -0.05) is 44.5 Å². The maximum absolute atomic E-state index is 13.2. The van der Waals surface area contributed by atoms with Gasteiger partial charge >= 0.3 is 0 Å². The molecular weight excluding hydrogens is 476 g/mol. The highest BCUT2D eigenvalue weighted by Gasteiger charge is 2.19. The van der Waals surface area contributed by atoms with Crippen molar-refractivity contribution in [2.24, 2.45) is 0 Å². The third-order valence-electron chi connectivity index (χ3n) is 7.06. The third-order valence-corrected chi connectivity index (χ3v) is 8.18. The van der Waals surface area contributed by atoms with Crippen molar-refractivity contribution in [2.45, 2.75) is 65.6 Å². The summed E-state index contributed by atoms with van der Waals surface area (Å²) in [6.45, 7) is 13.8. The molecular formula is C31H42N4OS. The van der Waals surface area contributed by atoms with Gasteiger partial charge in [-0.3, -0.25) is 9.69 Å². The van der Waals surface area contributed by atoms with Crippen molar-refractivity contribution in [3.8, 4) is 10.4 Å². The molecule has 3 aromatic rings. The first-order valence-electron chi connectivity index (χ1n) is 13.8. The van der Waals surface area contributed by atoms with Crippen molar-refractivity contribution in [3.05, 3.63) is 76.2 Å². The number of carbonyl (C=O) groups excluding carboxylic acids is 1. The fourth-order valence-corrected chi connectivity index (χ4v) is 5.75. The molecule has 1 aliphatic rings. The van der Waals surface area contributed by atoms with E-state index in [1.807, 2.05) is 30.4 Å². The monoisotopic (exact) mass is 518 g/mol. The molecule has 198 valence electrons. The van der Waals surface area contributed by atoms with Crippen LogP contribution in [0.4, 0.5) is 5.69 Å². The largest absolute Gasteiger partial charge is 0.380 e. The number of rotatable bonds is 13. The van der Waals surface area contributed by atoms with E-state index in [-0.39, 0.29) is 11.9 Å². The number of nitrogens with one attached hydrogen (secondary N) is 3. The average Bonchev–Trinajstić information content (AvgIpc) is 3.34. The number of anilines is 1. The number of carbonyl (C=O) groups is 1. The summed E-state index contributed by atoms with van der Waals surface area (Å²) in [6, 6.07) is 19.5. The summed E-state index contributed by atoms with van der Waals surface area (Å²) in [5, 5.41) is 9.99. The van der Waals surface area contributed by atoms with E-state index in [1.165, 1.54) is 41.1 Å². The quantitative estimate of drug-likeness (QED) is 0.238. The van der Waals surface area contributed by atoms with Crippen LogP contribution >= 0.6 is 11.3 Å². The normalized spacial score (nSPS) is 14.4. The highest BCUT2D eigenvalue weighted by Crippen LogP contribution is 2.31. The molecule has 1 fully saturated rings. The summed E-state index contributed by atoms with van der Waals surface area (Å²) in [6.07, 6.45) is 3.67. The minimum Gasteiger partial charge on any atom is -0.380 e. The number of benzene rings is 2. The number of hydrogen-bond acceptors (Lipinski definition) is 5. The number of nitrogens with zero attached hydrogens (tertiary/aromatic N) is 1. The van der Waals surface area contributed by atoms with Gasteiger partial charge in [-0.15, -0.1) is 11.3 Å². The Balaban J connectivity index is 1.42. The zero-order valence-corrected chi connectivity index (χ0v) is 23.6. The third kappa shape index (κ3) is 7.44. The van der Waals surface area contributed by atoms with Gasteiger partial charge in [0.05, 0.1) is 12.1 Å². The van der Waals surface area contributed by atoms with Crippen molar-refractivity contribution in [1.29, 1.82) is 0 Å². The van der Waals surface area contributed by atoms with E-state index in [4.69, 9.17) is 0 Å². The van der Waals surface area contributed by atoms with Gasteiger partial charge in [0.1, 0.15) is 0 Å². The van der Waals surface area contributed by atoms with Crippen molar-refractivity contribution in [1.82, 2.24) is 15.5 Å². The average molecular weight is 519 g/mol. The molecule has 5 nitrogen and oxygen atoms in total. The van der Waals surface area contributed by atoms with E-state index in [0.29, 0.717) is 6.04 Å². The van der Waals surface area contributed by atoms with E-state index in [1.54, 1.807) is 0 Å². The predicted molar refractivity (Wildman–Crippen MR) is 158 cm³/mol. The molecule has 2 aromatic carbocycles. The molecule has 4 rings (SSSR count). The Morgan fingerprint density at radius 3 is 2.65 bits per heavy atom. The van der Waals surface area contributed by atoms with E-state index >= 15 is 0 Å². The summed E-state index contributed by atoms with van der Waals surface area (Å²) >= 11 is 1.88. The second-order valence-electron chi connectivity index (χ2n) is 10.2. The zero-order valence-electron chi connectivity index (χ0n) is 22.8. The molecule has 0 aliphatic carbocycles. The standard InChI is InChI=1S/C31H42N4OS/c1-5-7-16-35(15-6-2)21-28-13-14-30(37-28)25-10-8-9-24(17-25)23(4)33-31(36)29-18-26(12-11-22(29)3)34-27-19-32-20-27/h8-14,17-18,23,27,32,34H,5-7,15-16,19-21H2,1-4H3,(H,33,36). The van der Waals surface area contributed by atoms with Crippen molar-refractivity contribution in [2.75, 3.05) is 31.5 Å². The van der Waals surface area contributed by atoms with Gasteiger partial charge in [0, 0.05) is 40.6 Å². The first-order valence-corrected chi connectivity index (χ1v) is 14.6. The summed E-state index contributed by atoms with van der Waals surface area (Å²) in [7, 11) is 0. The molecule has 0 radical (unpaired) electrons. The van der Waals surface area contributed by atoms with Crippen LogP contribution in [0.3, 0.4) is 0 Å². The van der Waals surface area contributed by atoms with E-state index in [2.05, 4.69) is 84.1 Å². The Kier molecular flexibility index (Phi) is 9.78. The first-order chi connectivity index (χ1) is 18.0. The highest BCUT2D eigenvalue weighted by molar-refractivity contribution is 7.15. The molecule has 1 saturated heterocycles. The molecule has 0 bridgehead atoms. The lowest BCUT2D eigenvalue weighted by atomic mass is 10.0. The van der Waals surface area contributed by atoms with Gasteiger partial charge in [-0.05, 0) is 86.8 Å². The molecule has 0 saturated carbocycles. The highest BCUT2D eigenvalue weighted by atomic mass is 32.1. The SMILES string of the molecule is CCCCN(CCC)Cc1ccc(-c2cccc(C(C)NC(=O)c3cc(NC4CNC4)ccc3C)c2)s1. The summed E-state index contributed by atoms with van der Waals surface area (Å²) < 4.78 is 0. The van der Waals surface area contributed by atoms with Crippen LogP contribution in [0, 0.1) is 6.92 Å². The van der Waals surface area contributed by atoms with Crippen molar-refractivity contribution < 1.29 is 4.79 Å². The smallest absolute Gasteiger partial charge is 0.252 e. The molecule has 1 atom stereocenters. The zero-order chi connectivity index (χ0) is 26.2. The van der Waals surface area contributed by atoms with Crippen LogP contribution in [0.25, 0.3) is 10.4 Å². The Bertz CT molecular complexity index is 1170. The molecule has 6 heteroatoms. The maximum atomic E-state index is 13.2. The molecule has 1 aromatic heterocycles. The molecule has 2 heterocycles. The van der Waals surface area contributed by atoms with Crippen molar-refractivity contribution >= 4 is 22.9 Å². The van der Waals surface area contributed by atoms with Gasteiger partial charge in [0.2, 0.25) is 0 Å². The van der Waals surface area contributed by atoms with Crippen LogP contribution in [-0.4, -0.2) is 43.0 Å². The van der Waals surface area contributed by atoms with E-state index in [9.17, 15) is 4.79 Å². The molecule has 1 unspecified atom stereocenters. The minimum absolute atomic E-state index is 0.0349. The van der Waals surface area contributed by atoms with Crippen LogP contribution in [0.1, 0.15) is 72.4 Å². The fraction of sp³-hybridized carbons (Fsp3) is 0.452. The predicted octanol–water partition coefficient (Wildman–Crippen LogP) is 6.61. The Hall–Kier alpha value is -2.67. The van der Waals surface area contributed by atoms with Gasteiger partial charge in [-0.2, -0.15) is 0 Å². The summed E-state index contributed by atoms with van der Waals surface area (Å²) in [5.41, 5.74) is 5.03. The molecule has 37 heavy (non-hydrogen) atoms. The fourth-order valence-electron chi connectivity index (χ4n) is 4.71. The van der Waals surface area contributed by atoms with Crippen LogP contribution in [0.15, 0.2) is 54.6 Å². The number of hydrogen-bond donors (Lipinski definition) is 3. The maximum Gasteiger partial charge on any atom is 0.252 e. The van der Waals surface area contributed by atoms with Crippen LogP contribution in [0.2, 0.25) is 0 Å². The molecule has 0 spiro atoms. The number of unbranched alkanes of at least 4 members (excludes halogenated alkanes) is 1. The second kappa shape index (κ2) is 13.2. The number of aryl methyl sites for hydroxylation is 1. The van der Waals surface area contributed by atoms with Gasteiger partial charge in [0.15, 0.2) is 0 Å². The molecule has 3 N–H and O–H groups in total. The van der Waals surface area contributed by atoms with Gasteiger partial charge < -0.3 is 16.0 Å².